The lowest BCUT2D eigenvalue weighted by molar-refractivity contribution is 0.636. The molecule has 5 N–H and O–H groups in total. The van der Waals surface area contributed by atoms with Crippen molar-refractivity contribution >= 4 is 28.9 Å². The van der Waals surface area contributed by atoms with Gasteiger partial charge in [0.2, 0.25) is 0 Å². The largest absolute Gasteiger partial charge is 0.398 e. The Balaban J connectivity index is 2.45. The van der Waals surface area contributed by atoms with E-state index in [4.69, 9.17) is 34.8 Å². The summed E-state index contributed by atoms with van der Waals surface area (Å²) in [7, 11) is 0. The predicted octanol–water partition coefficient (Wildman–Crippen LogP) is 2.52. The minimum Gasteiger partial charge on any atom is -0.398 e. The summed E-state index contributed by atoms with van der Waals surface area (Å²) in [5.74, 6) is 5.58. The van der Waals surface area contributed by atoms with Crippen LogP contribution in [0.1, 0.15) is 17.2 Å². The number of halogens is 2. The van der Waals surface area contributed by atoms with Crippen LogP contribution in [0.3, 0.4) is 0 Å². The maximum Gasteiger partial charge on any atom is 0.0745 e. The minimum absolute atomic E-state index is 0.284. The summed E-state index contributed by atoms with van der Waals surface area (Å²) in [6.45, 7) is 0. The number of hydrogen-bond acceptors (Lipinski definition) is 4. The van der Waals surface area contributed by atoms with E-state index in [0.29, 0.717) is 15.7 Å². The number of aromatic nitrogens is 1. The monoisotopic (exact) mass is 282 g/mol. The van der Waals surface area contributed by atoms with Gasteiger partial charge in [-0.1, -0.05) is 29.3 Å². The highest BCUT2D eigenvalue weighted by Gasteiger charge is 2.16. The molecule has 6 heteroatoms. The van der Waals surface area contributed by atoms with E-state index in [1.807, 2.05) is 6.07 Å². The van der Waals surface area contributed by atoms with Crippen LogP contribution >= 0.6 is 23.2 Å². The van der Waals surface area contributed by atoms with E-state index < -0.39 is 0 Å². The Bertz CT molecular complexity index is 560. The predicted molar refractivity (Wildman–Crippen MR) is 74.3 cm³/mol. The molecule has 0 radical (unpaired) electrons. The van der Waals surface area contributed by atoms with Crippen molar-refractivity contribution in [2.75, 3.05) is 5.73 Å². The van der Waals surface area contributed by atoms with Gasteiger partial charge >= 0.3 is 0 Å². The lowest BCUT2D eigenvalue weighted by Gasteiger charge is -2.18. The highest BCUT2D eigenvalue weighted by Crippen LogP contribution is 2.30. The molecule has 0 spiro atoms. The van der Waals surface area contributed by atoms with Gasteiger partial charge in [-0.25, -0.2) is 5.43 Å². The number of hydrazine groups is 1. The first kappa shape index (κ1) is 13.1. The fourth-order valence-corrected chi connectivity index (χ4v) is 2.02. The van der Waals surface area contributed by atoms with Crippen molar-refractivity contribution in [2.45, 2.75) is 6.04 Å². The minimum atomic E-state index is -0.284. The molecule has 1 aromatic carbocycles. The van der Waals surface area contributed by atoms with Crippen LogP contribution in [0.5, 0.6) is 0 Å². The first-order valence-corrected chi connectivity index (χ1v) is 5.99. The first-order chi connectivity index (χ1) is 8.63. The number of benzene rings is 1. The molecule has 0 aliphatic carbocycles. The first-order valence-electron chi connectivity index (χ1n) is 5.24. The summed E-state index contributed by atoms with van der Waals surface area (Å²) >= 11 is 11.9. The zero-order chi connectivity index (χ0) is 13.1. The van der Waals surface area contributed by atoms with Crippen molar-refractivity contribution in [3.05, 3.63) is 57.8 Å². The maximum atomic E-state index is 5.99. The summed E-state index contributed by atoms with van der Waals surface area (Å²) in [5.41, 5.74) is 10.9. The quantitative estimate of drug-likeness (QED) is 0.597. The normalized spacial score (nSPS) is 12.4. The Labute approximate surface area is 115 Å². The summed E-state index contributed by atoms with van der Waals surface area (Å²) < 4.78 is 0. The highest BCUT2D eigenvalue weighted by atomic mass is 35.5. The molecule has 1 atom stereocenters. The Kier molecular flexibility index (Phi) is 4.04. The SMILES string of the molecule is NNC(c1ccc(Cl)c(Cl)c1)c1cnccc1N. The molecule has 0 amide bonds. The van der Waals surface area contributed by atoms with Crippen LogP contribution in [-0.2, 0) is 0 Å². The second-order valence-electron chi connectivity index (χ2n) is 3.78. The summed E-state index contributed by atoms with van der Waals surface area (Å²) in [6, 6.07) is 6.74. The van der Waals surface area contributed by atoms with Crippen LogP contribution in [0.4, 0.5) is 5.69 Å². The van der Waals surface area contributed by atoms with Gasteiger partial charge in [0, 0.05) is 23.6 Å². The average Bonchev–Trinajstić information content (AvgIpc) is 2.37. The van der Waals surface area contributed by atoms with Crippen LogP contribution in [0, 0.1) is 0 Å². The topological polar surface area (TPSA) is 77.0 Å². The van der Waals surface area contributed by atoms with E-state index in [1.165, 1.54) is 0 Å². The molecule has 94 valence electrons. The van der Waals surface area contributed by atoms with Crippen LogP contribution < -0.4 is 17.0 Å². The lowest BCUT2D eigenvalue weighted by Crippen LogP contribution is -2.29. The molecule has 1 heterocycles. The third kappa shape index (κ3) is 2.57. The van der Waals surface area contributed by atoms with Gasteiger partial charge in [-0.3, -0.25) is 10.8 Å². The standard InChI is InChI=1S/C12H12Cl2N4/c13-9-2-1-7(5-10(9)14)12(18-16)8-6-17-4-3-11(8)15/h1-6,12,18H,16H2,(H2,15,17). The van der Waals surface area contributed by atoms with Crippen molar-refractivity contribution in [1.82, 2.24) is 10.4 Å². The molecule has 0 fully saturated rings. The molecular weight excluding hydrogens is 271 g/mol. The van der Waals surface area contributed by atoms with Gasteiger partial charge in [-0.15, -0.1) is 0 Å². The molecule has 4 nitrogen and oxygen atoms in total. The third-order valence-corrected chi connectivity index (χ3v) is 3.38. The van der Waals surface area contributed by atoms with Gasteiger partial charge in [-0.2, -0.15) is 0 Å². The van der Waals surface area contributed by atoms with Crippen molar-refractivity contribution in [3.63, 3.8) is 0 Å². The summed E-state index contributed by atoms with van der Waals surface area (Å²) in [6.07, 6.45) is 3.30. The molecule has 2 aromatic rings. The number of rotatable bonds is 3. The summed E-state index contributed by atoms with van der Waals surface area (Å²) in [4.78, 5) is 4.05. The van der Waals surface area contributed by atoms with Crippen LogP contribution in [-0.4, -0.2) is 4.98 Å². The number of nitrogens with one attached hydrogen (secondary N) is 1. The fraction of sp³-hybridized carbons (Fsp3) is 0.0833. The Morgan fingerprint density at radius 1 is 1.17 bits per heavy atom. The molecule has 1 unspecified atom stereocenters. The Hall–Kier alpha value is -1.33. The van der Waals surface area contributed by atoms with Crippen molar-refractivity contribution in [3.8, 4) is 0 Å². The average molecular weight is 283 g/mol. The molecule has 1 aromatic heterocycles. The van der Waals surface area contributed by atoms with Crippen molar-refractivity contribution in [1.29, 1.82) is 0 Å². The van der Waals surface area contributed by atoms with Gasteiger partial charge in [0.15, 0.2) is 0 Å². The molecule has 0 bridgehead atoms. The van der Waals surface area contributed by atoms with E-state index in [0.717, 1.165) is 11.1 Å². The molecule has 0 aliphatic heterocycles. The third-order valence-electron chi connectivity index (χ3n) is 2.64. The molecule has 0 aliphatic rings. The van der Waals surface area contributed by atoms with Gasteiger partial charge in [-0.05, 0) is 23.8 Å². The van der Waals surface area contributed by atoms with Gasteiger partial charge < -0.3 is 5.73 Å². The van der Waals surface area contributed by atoms with Gasteiger partial charge in [0.05, 0.1) is 16.1 Å². The van der Waals surface area contributed by atoms with Gasteiger partial charge in [0.1, 0.15) is 0 Å². The molecular formula is C12H12Cl2N4. The second kappa shape index (κ2) is 5.54. The van der Waals surface area contributed by atoms with Crippen molar-refractivity contribution < 1.29 is 0 Å². The Morgan fingerprint density at radius 2 is 1.94 bits per heavy atom. The summed E-state index contributed by atoms with van der Waals surface area (Å²) in [5, 5.41) is 0.965. The Morgan fingerprint density at radius 3 is 2.56 bits per heavy atom. The van der Waals surface area contributed by atoms with Gasteiger partial charge in [0.25, 0.3) is 0 Å². The maximum absolute atomic E-state index is 5.99. The van der Waals surface area contributed by atoms with Crippen molar-refractivity contribution in [2.24, 2.45) is 5.84 Å². The van der Waals surface area contributed by atoms with Crippen LogP contribution in [0.25, 0.3) is 0 Å². The molecule has 0 saturated carbocycles. The van der Waals surface area contributed by atoms with E-state index >= 15 is 0 Å². The van der Waals surface area contributed by atoms with E-state index in [-0.39, 0.29) is 6.04 Å². The molecule has 0 saturated heterocycles. The number of nitrogen functional groups attached to an aromatic ring is 1. The lowest BCUT2D eigenvalue weighted by atomic mass is 9.99. The number of nitrogens with two attached hydrogens (primary N) is 2. The van der Waals surface area contributed by atoms with E-state index in [9.17, 15) is 0 Å². The highest BCUT2D eigenvalue weighted by molar-refractivity contribution is 6.42. The molecule has 18 heavy (non-hydrogen) atoms. The smallest absolute Gasteiger partial charge is 0.0745 e. The van der Waals surface area contributed by atoms with E-state index in [2.05, 4.69) is 10.4 Å². The number of nitrogens with zero attached hydrogens (tertiary/aromatic N) is 1. The van der Waals surface area contributed by atoms with Crippen LogP contribution in [0.15, 0.2) is 36.7 Å². The second-order valence-corrected chi connectivity index (χ2v) is 4.59. The molecule has 2 rings (SSSR count). The number of anilines is 1. The van der Waals surface area contributed by atoms with E-state index in [1.54, 1.807) is 30.6 Å². The number of hydrogen-bond donors (Lipinski definition) is 3. The fourth-order valence-electron chi connectivity index (χ4n) is 1.72. The van der Waals surface area contributed by atoms with Crippen LogP contribution in [0.2, 0.25) is 10.0 Å². The zero-order valence-electron chi connectivity index (χ0n) is 9.40. The zero-order valence-corrected chi connectivity index (χ0v) is 10.9. The number of pyridine rings is 1.